The number of halogens is 2. The predicted molar refractivity (Wildman–Crippen MR) is 71.0 cm³/mol. The van der Waals surface area contributed by atoms with Crippen LogP contribution in [0.2, 0.25) is 0 Å². The van der Waals surface area contributed by atoms with Gasteiger partial charge in [-0.25, -0.2) is 0 Å². The Labute approximate surface area is 110 Å². The molecule has 0 N–H and O–H groups in total. The van der Waals surface area contributed by atoms with Crippen LogP contribution >= 0.6 is 27.5 Å². The van der Waals surface area contributed by atoms with Crippen LogP contribution in [0.1, 0.15) is 18.9 Å². The fraction of sp³-hybridized carbons (Fsp3) is 0.538. The molecule has 1 saturated heterocycles. The van der Waals surface area contributed by atoms with Crippen molar-refractivity contribution in [2.24, 2.45) is 5.41 Å². The quantitative estimate of drug-likeness (QED) is 0.766. The molecule has 0 spiro atoms. The predicted octanol–water partition coefficient (Wildman–Crippen LogP) is 4.03. The summed E-state index contributed by atoms with van der Waals surface area (Å²) in [6.45, 7) is 2.96. The van der Waals surface area contributed by atoms with Crippen LogP contribution in [0.25, 0.3) is 0 Å². The Morgan fingerprint density at radius 2 is 2.25 bits per heavy atom. The van der Waals surface area contributed by atoms with Crippen molar-refractivity contribution in [1.82, 2.24) is 0 Å². The van der Waals surface area contributed by atoms with Gasteiger partial charge in [-0.1, -0.05) is 34.1 Å². The van der Waals surface area contributed by atoms with E-state index in [2.05, 4.69) is 41.1 Å². The van der Waals surface area contributed by atoms with Crippen LogP contribution in [-0.2, 0) is 11.2 Å². The minimum atomic E-state index is 0.103. The standard InChI is InChI=1S/C13H16BrClO/c1-10-13(9-15,6-7-16-10)8-11-4-2-3-5-12(11)14/h2-5,10H,6-9H2,1H3. The lowest BCUT2D eigenvalue weighted by molar-refractivity contribution is 0.0735. The van der Waals surface area contributed by atoms with Crippen molar-refractivity contribution in [2.75, 3.05) is 12.5 Å². The van der Waals surface area contributed by atoms with E-state index in [1.165, 1.54) is 10.0 Å². The van der Waals surface area contributed by atoms with Crippen LogP contribution in [0.3, 0.4) is 0 Å². The van der Waals surface area contributed by atoms with Crippen LogP contribution in [0.4, 0.5) is 0 Å². The summed E-state index contributed by atoms with van der Waals surface area (Å²) in [4.78, 5) is 0. The maximum Gasteiger partial charge on any atom is 0.0618 e. The Morgan fingerprint density at radius 3 is 2.81 bits per heavy atom. The van der Waals surface area contributed by atoms with Crippen molar-refractivity contribution in [3.05, 3.63) is 34.3 Å². The number of benzene rings is 1. The summed E-state index contributed by atoms with van der Waals surface area (Å²) < 4.78 is 6.84. The number of ether oxygens (including phenoxy) is 1. The molecular weight excluding hydrogens is 287 g/mol. The van der Waals surface area contributed by atoms with E-state index in [0.717, 1.165) is 19.4 Å². The van der Waals surface area contributed by atoms with Crippen LogP contribution in [-0.4, -0.2) is 18.6 Å². The molecule has 3 heteroatoms. The third-order valence-electron chi connectivity index (χ3n) is 3.60. The lowest BCUT2D eigenvalue weighted by Crippen LogP contribution is -2.33. The smallest absolute Gasteiger partial charge is 0.0618 e. The first-order chi connectivity index (χ1) is 7.68. The summed E-state index contributed by atoms with van der Waals surface area (Å²) in [5, 5.41) is 0. The van der Waals surface area contributed by atoms with Gasteiger partial charge in [-0.2, -0.15) is 0 Å². The largest absolute Gasteiger partial charge is 0.378 e. The van der Waals surface area contributed by atoms with E-state index in [0.29, 0.717) is 5.88 Å². The Morgan fingerprint density at radius 1 is 1.50 bits per heavy atom. The highest BCUT2D eigenvalue weighted by Crippen LogP contribution is 2.40. The van der Waals surface area contributed by atoms with Crippen molar-refractivity contribution < 1.29 is 4.74 Å². The zero-order chi connectivity index (χ0) is 11.6. The minimum Gasteiger partial charge on any atom is -0.378 e. The highest BCUT2D eigenvalue weighted by molar-refractivity contribution is 9.10. The van der Waals surface area contributed by atoms with E-state index >= 15 is 0 Å². The van der Waals surface area contributed by atoms with Gasteiger partial charge in [-0.15, -0.1) is 11.6 Å². The molecule has 0 bridgehead atoms. The number of rotatable bonds is 3. The van der Waals surface area contributed by atoms with Crippen molar-refractivity contribution in [3.8, 4) is 0 Å². The van der Waals surface area contributed by atoms with Gasteiger partial charge in [0, 0.05) is 22.4 Å². The third kappa shape index (κ3) is 2.29. The summed E-state index contributed by atoms with van der Waals surface area (Å²) in [5.41, 5.74) is 1.42. The Balaban J connectivity index is 2.22. The molecule has 1 fully saturated rings. The summed E-state index contributed by atoms with van der Waals surface area (Å²) in [6, 6.07) is 8.35. The molecule has 0 amide bonds. The second-order valence-electron chi connectivity index (χ2n) is 4.53. The SMILES string of the molecule is CC1OCCC1(CCl)Cc1ccccc1Br. The monoisotopic (exact) mass is 302 g/mol. The molecule has 1 aliphatic heterocycles. The number of alkyl halides is 1. The Bertz CT molecular complexity index is 369. The van der Waals surface area contributed by atoms with Crippen LogP contribution in [0, 0.1) is 5.41 Å². The fourth-order valence-electron chi connectivity index (χ4n) is 2.29. The van der Waals surface area contributed by atoms with Crippen molar-refractivity contribution in [1.29, 1.82) is 0 Å². The molecule has 1 aromatic carbocycles. The number of hydrogen-bond donors (Lipinski definition) is 0. The normalized spacial score (nSPS) is 29.6. The molecule has 0 saturated carbocycles. The number of hydrogen-bond acceptors (Lipinski definition) is 1. The second-order valence-corrected chi connectivity index (χ2v) is 5.65. The topological polar surface area (TPSA) is 9.23 Å². The first kappa shape index (κ1) is 12.4. The molecule has 1 nitrogen and oxygen atoms in total. The van der Waals surface area contributed by atoms with E-state index < -0.39 is 0 Å². The lowest BCUT2D eigenvalue weighted by Gasteiger charge is -2.30. The van der Waals surface area contributed by atoms with Gasteiger partial charge in [-0.05, 0) is 31.4 Å². The molecule has 2 rings (SSSR count). The molecule has 16 heavy (non-hydrogen) atoms. The maximum atomic E-state index is 6.17. The van der Waals surface area contributed by atoms with Gasteiger partial charge >= 0.3 is 0 Å². The average molecular weight is 304 g/mol. The van der Waals surface area contributed by atoms with E-state index in [4.69, 9.17) is 16.3 Å². The molecule has 0 aliphatic carbocycles. The summed E-state index contributed by atoms with van der Waals surface area (Å²) >= 11 is 9.76. The highest BCUT2D eigenvalue weighted by Gasteiger charge is 2.41. The zero-order valence-corrected chi connectivity index (χ0v) is 11.7. The van der Waals surface area contributed by atoms with Crippen molar-refractivity contribution in [2.45, 2.75) is 25.9 Å². The van der Waals surface area contributed by atoms with Crippen LogP contribution in [0.5, 0.6) is 0 Å². The van der Waals surface area contributed by atoms with Gasteiger partial charge in [0.05, 0.1) is 6.10 Å². The molecule has 1 aliphatic rings. The molecular formula is C13H16BrClO. The molecule has 1 aromatic rings. The second kappa shape index (κ2) is 5.07. The Kier molecular flexibility index (Phi) is 3.93. The van der Waals surface area contributed by atoms with Gasteiger partial charge in [0.2, 0.25) is 0 Å². The van der Waals surface area contributed by atoms with Gasteiger partial charge in [0.15, 0.2) is 0 Å². The van der Waals surface area contributed by atoms with Crippen LogP contribution in [0.15, 0.2) is 28.7 Å². The summed E-state index contributed by atoms with van der Waals surface area (Å²) in [6.07, 6.45) is 2.29. The fourth-order valence-corrected chi connectivity index (χ4v) is 3.17. The highest BCUT2D eigenvalue weighted by atomic mass is 79.9. The molecule has 1 heterocycles. The Hall–Kier alpha value is -0.0500. The lowest BCUT2D eigenvalue weighted by atomic mass is 9.78. The zero-order valence-electron chi connectivity index (χ0n) is 9.38. The van der Waals surface area contributed by atoms with Gasteiger partial charge in [0.25, 0.3) is 0 Å². The summed E-state index contributed by atoms with van der Waals surface area (Å²) in [7, 11) is 0. The maximum absolute atomic E-state index is 6.17. The van der Waals surface area contributed by atoms with E-state index in [-0.39, 0.29) is 11.5 Å². The van der Waals surface area contributed by atoms with E-state index in [1.807, 2.05) is 6.07 Å². The van der Waals surface area contributed by atoms with Gasteiger partial charge in [-0.3, -0.25) is 0 Å². The minimum absolute atomic E-state index is 0.103. The average Bonchev–Trinajstić information content (AvgIpc) is 2.64. The summed E-state index contributed by atoms with van der Waals surface area (Å²) in [5.74, 6) is 0.662. The molecule has 88 valence electrons. The van der Waals surface area contributed by atoms with Gasteiger partial charge < -0.3 is 4.74 Å². The molecule has 2 unspecified atom stereocenters. The van der Waals surface area contributed by atoms with Crippen molar-refractivity contribution in [3.63, 3.8) is 0 Å². The molecule has 0 radical (unpaired) electrons. The van der Waals surface area contributed by atoms with Crippen LogP contribution < -0.4 is 0 Å². The first-order valence-corrected chi connectivity index (χ1v) is 6.92. The van der Waals surface area contributed by atoms with E-state index in [1.54, 1.807) is 0 Å². The van der Waals surface area contributed by atoms with Crippen molar-refractivity contribution >= 4 is 27.5 Å². The molecule has 2 atom stereocenters. The first-order valence-electron chi connectivity index (χ1n) is 5.59. The van der Waals surface area contributed by atoms with E-state index in [9.17, 15) is 0 Å². The third-order valence-corrected chi connectivity index (χ3v) is 4.90. The van der Waals surface area contributed by atoms with Gasteiger partial charge in [0.1, 0.15) is 0 Å². The molecule has 0 aromatic heterocycles.